The Morgan fingerprint density at radius 1 is 0.568 bits per heavy atom. The summed E-state index contributed by atoms with van der Waals surface area (Å²) < 4.78 is 6.77. The predicted molar refractivity (Wildman–Crippen MR) is 187 cm³/mol. The van der Waals surface area contributed by atoms with Crippen molar-refractivity contribution >= 4 is 33.7 Å². The molecule has 0 aliphatic heterocycles. The molecule has 2 heteroatoms. The van der Waals surface area contributed by atoms with Crippen LogP contribution in [0.3, 0.4) is 0 Å². The molecule has 44 heavy (non-hydrogen) atoms. The second-order valence-electron chi connectivity index (χ2n) is 10.8. The number of aromatic nitrogens is 1. The van der Waals surface area contributed by atoms with E-state index in [1.807, 2.05) is 37.5 Å². The summed E-state index contributed by atoms with van der Waals surface area (Å²) in [7, 11) is 0. The first-order chi connectivity index (χ1) is 21.7. The van der Waals surface area contributed by atoms with Crippen LogP contribution in [-0.2, 0) is 0 Å². The molecular formula is C42H31NO. The van der Waals surface area contributed by atoms with Crippen molar-refractivity contribution in [2.75, 3.05) is 0 Å². The van der Waals surface area contributed by atoms with Gasteiger partial charge in [-0.3, -0.25) is 4.98 Å². The second kappa shape index (κ2) is 11.9. The van der Waals surface area contributed by atoms with Gasteiger partial charge in [0.25, 0.3) is 0 Å². The summed E-state index contributed by atoms with van der Waals surface area (Å²) in [6, 6.07) is 44.7. The topological polar surface area (TPSA) is 22.1 Å². The quantitative estimate of drug-likeness (QED) is 0.179. The van der Waals surface area contributed by atoms with Crippen LogP contribution >= 0.6 is 0 Å². The van der Waals surface area contributed by atoms with E-state index in [0.29, 0.717) is 0 Å². The van der Waals surface area contributed by atoms with Gasteiger partial charge >= 0.3 is 0 Å². The van der Waals surface area contributed by atoms with E-state index in [2.05, 4.69) is 139 Å². The van der Waals surface area contributed by atoms with Gasteiger partial charge in [-0.15, -0.1) is 0 Å². The Balaban J connectivity index is 1.49. The van der Waals surface area contributed by atoms with Crippen LogP contribution in [-0.4, -0.2) is 4.98 Å². The molecule has 1 aromatic heterocycles. The van der Waals surface area contributed by atoms with Gasteiger partial charge in [0.1, 0.15) is 11.5 Å². The Labute approximate surface area is 258 Å². The van der Waals surface area contributed by atoms with Crippen molar-refractivity contribution in [1.82, 2.24) is 4.98 Å². The highest BCUT2D eigenvalue weighted by atomic mass is 16.5. The van der Waals surface area contributed by atoms with Crippen molar-refractivity contribution in [3.05, 3.63) is 164 Å². The molecule has 0 aliphatic rings. The van der Waals surface area contributed by atoms with E-state index in [0.717, 1.165) is 55.3 Å². The molecule has 2 nitrogen and oxygen atoms in total. The number of hydrogen-bond donors (Lipinski definition) is 0. The van der Waals surface area contributed by atoms with Crippen LogP contribution in [0.25, 0.3) is 67.1 Å². The molecule has 7 aromatic rings. The first-order valence-corrected chi connectivity index (χ1v) is 14.9. The molecule has 0 saturated heterocycles. The average molecular weight is 566 g/mol. The normalized spacial score (nSPS) is 11.3. The lowest BCUT2D eigenvalue weighted by Gasteiger charge is -2.19. The van der Waals surface area contributed by atoms with Crippen LogP contribution in [0.2, 0.25) is 0 Å². The minimum absolute atomic E-state index is 0.775. The number of rotatable bonds is 7. The van der Waals surface area contributed by atoms with Gasteiger partial charge in [-0.1, -0.05) is 116 Å². The summed E-state index contributed by atoms with van der Waals surface area (Å²) in [4.78, 5) is 4.60. The summed E-state index contributed by atoms with van der Waals surface area (Å²) in [6.45, 7) is 5.99. The van der Waals surface area contributed by atoms with Gasteiger partial charge in [0.05, 0.1) is 0 Å². The highest BCUT2D eigenvalue weighted by molar-refractivity contribution is 6.17. The van der Waals surface area contributed by atoms with Gasteiger partial charge in [-0.25, -0.2) is 0 Å². The molecule has 0 aliphatic carbocycles. The van der Waals surface area contributed by atoms with E-state index in [1.54, 1.807) is 0 Å². The fourth-order valence-corrected chi connectivity index (χ4v) is 6.01. The maximum Gasteiger partial charge on any atom is 0.143 e. The van der Waals surface area contributed by atoms with Gasteiger partial charge in [-0.05, 0) is 93.2 Å². The second-order valence-corrected chi connectivity index (χ2v) is 10.8. The van der Waals surface area contributed by atoms with E-state index in [-0.39, 0.29) is 0 Å². The maximum absolute atomic E-state index is 6.77. The Morgan fingerprint density at radius 3 is 1.84 bits per heavy atom. The lowest BCUT2D eigenvalue weighted by molar-refractivity contribution is 0.493. The molecule has 0 atom stereocenters. The Kier molecular flexibility index (Phi) is 7.32. The van der Waals surface area contributed by atoms with Gasteiger partial charge in [0, 0.05) is 28.6 Å². The minimum atomic E-state index is 0.775. The number of benzene rings is 6. The van der Waals surface area contributed by atoms with Crippen molar-refractivity contribution in [2.24, 2.45) is 0 Å². The number of hydrogen-bond acceptors (Lipinski definition) is 2. The van der Waals surface area contributed by atoms with Crippen molar-refractivity contribution in [1.29, 1.82) is 0 Å². The number of nitrogens with zero attached hydrogens (tertiary/aromatic N) is 1. The monoisotopic (exact) mass is 565 g/mol. The lowest BCUT2D eigenvalue weighted by atomic mass is 9.88. The summed E-state index contributed by atoms with van der Waals surface area (Å²) in [6.07, 6.45) is 9.79. The lowest BCUT2D eigenvalue weighted by Crippen LogP contribution is -1.94. The van der Waals surface area contributed by atoms with Crippen LogP contribution in [0.5, 0.6) is 11.5 Å². The highest BCUT2D eigenvalue weighted by Gasteiger charge is 2.19. The standard InChI is InChI=1S/C42H31NO/c1-3-13-32-27-36(21-20-29(32)4-2)44-42-38-19-12-11-18-37(38)41(40-28-43-23-22-39(40)42)35-25-33(30-14-7-5-8-15-30)24-34(26-35)31-16-9-6-10-17-31/h3-28H,2H2,1H3/b13-3-. The van der Waals surface area contributed by atoms with Gasteiger partial charge in [-0.2, -0.15) is 0 Å². The molecule has 0 radical (unpaired) electrons. The zero-order valence-electron chi connectivity index (χ0n) is 24.6. The van der Waals surface area contributed by atoms with Gasteiger partial charge in [0.2, 0.25) is 0 Å². The molecular weight excluding hydrogens is 534 g/mol. The third-order valence-electron chi connectivity index (χ3n) is 8.06. The first-order valence-electron chi connectivity index (χ1n) is 14.9. The van der Waals surface area contributed by atoms with E-state index in [1.165, 1.54) is 22.3 Å². The molecule has 0 amide bonds. The van der Waals surface area contributed by atoms with E-state index < -0.39 is 0 Å². The highest BCUT2D eigenvalue weighted by Crippen LogP contribution is 2.46. The predicted octanol–water partition coefficient (Wildman–Crippen LogP) is 11.9. The van der Waals surface area contributed by atoms with Crippen molar-refractivity contribution < 1.29 is 4.74 Å². The van der Waals surface area contributed by atoms with Gasteiger partial charge in [0.15, 0.2) is 0 Å². The van der Waals surface area contributed by atoms with E-state index in [4.69, 9.17) is 4.74 Å². The zero-order chi connectivity index (χ0) is 29.9. The average Bonchev–Trinajstić information content (AvgIpc) is 3.09. The third-order valence-corrected chi connectivity index (χ3v) is 8.06. The molecule has 0 fully saturated rings. The third kappa shape index (κ3) is 5.08. The van der Waals surface area contributed by atoms with Crippen LogP contribution in [0.15, 0.2) is 152 Å². The fourth-order valence-electron chi connectivity index (χ4n) is 6.01. The number of ether oxygens (including phenoxy) is 1. The summed E-state index contributed by atoms with van der Waals surface area (Å²) in [5, 5.41) is 4.22. The summed E-state index contributed by atoms with van der Waals surface area (Å²) in [5.74, 6) is 1.60. The van der Waals surface area contributed by atoms with E-state index >= 15 is 0 Å². The largest absolute Gasteiger partial charge is 0.456 e. The Morgan fingerprint density at radius 2 is 1.18 bits per heavy atom. The SMILES string of the molecule is C=Cc1ccc(Oc2c3ccccc3c(-c3cc(-c4ccccc4)cc(-c4ccccc4)c3)c3cnccc23)cc1/C=C\C. The van der Waals surface area contributed by atoms with Crippen LogP contribution in [0.1, 0.15) is 18.1 Å². The van der Waals surface area contributed by atoms with Crippen molar-refractivity contribution in [3.63, 3.8) is 0 Å². The molecule has 0 N–H and O–H groups in total. The molecule has 1 heterocycles. The molecule has 210 valence electrons. The van der Waals surface area contributed by atoms with Crippen molar-refractivity contribution in [2.45, 2.75) is 6.92 Å². The molecule has 0 spiro atoms. The number of allylic oxidation sites excluding steroid dienone is 1. The molecule has 0 bridgehead atoms. The molecule has 7 rings (SSSR count). The maximum atomic E-state index is 6.77. The molecule has 0 saturated carbocycles. The first kappa shape index (κ1) is 27.1. The zero-order valence-corrected chi connectivity index (χ0v) is 24.6. The van der Waals surface area contributed by atoms with Crippen molar-refractivity contribution in [3.8, 4) is 44.9 Å². The van der Waals surface area contributed by atoms with Crippen LogP contribution in [0, 0.1) is 0 Å². The molecule has 0 unspecified atom stereocenters. The number of pyridine rings is 1. The minimum Gasteiger partial charge on any atom is -0.456 e. The van der Waals surface area contributed by atoms with Gasteiger partial charge < -0.3 is 4.74 Å². The number of fused-ring (bicyclic) bond motifs is 2. The van der Waals surface area contributed by atoms with E-state index in [9.17, 15) is 0 Å². The summed E-state index contributed by atoms with van der Waals surface area (Å²) in [5.41, 5.74) is 9.11. The van der Waals surface area contributed by atoms with Crippen LogP contribution < -0.4 is 4.74 Å². The Hall–Kier alpha value is -5.73. The fraction of sp³-hybridized carbons (Fsp3) is 0.0238. The Bertz CT molecular complexity index is 2050. The smallest absolute Gasteiger partial charge is 0.143 e. The summed E-state index contributed by atoms with van der Waals surface area (Å²) >= 11 is 0. The van der Waals surface area contributed by atoms with Crippen LogP contribution in [0.4, 0.5) is 0 Å². The molecule has 6 aromatic carbocycles.